The number of carbonyl (C=O) groups excluding carboxylic acids is 1. The molecule has 0 aromatic carbocycles. The van der Waals surface area contributed by atoms with Crippen LogP contribution in [-0.2, 0) is 14.0 Å². The number of nitrogens with zero attached hydrogens (tertiary/aromatic N) is 2. The fourth-order valence-corrected chi connectivity index (χ4v) is 2.37. The molecule has 0 saturated carbocycles. The normalized spacial score (nSPS) is 19.7. The van der Waals surface area contributed by atoms with Crippen molar-refractivity contribution >= 4 is 24.5 Å². The summed E-state index contributed by atoms with van der Waals surface area (Å²) in [6.07, 6.45) is -4.25. The van der Waals surface area contributed by atoms with Gasteiger partial charge in [-0.2, -0.15) is 13.2 Å². The molecule has 0 bridgehead atoms. The number of hydroxylamine groups is 2. The first-order valence-corrected chi connectivity index (χ1v) is 7.20. The Hall–Kier alpha value is -0.430. The van der Waals surface area contributed by atoms with E-state index in [-0.39, 0.29) is 13.1 Å². The maximum atomic E-state index is 12.2. The van der Waals surface area contributed by atoms with Crippen LogP contribution < -0.4 is 0 Å². The van der Waals surface area contributed by atoms with E-state index < -0.39 is 25.5 Å². The van der Waals surface area contributed by atoms with Crippen LogP contribution in [0.2, 0.25) is 0 Å². The highest BCUT2D eigenvalue weighted by atomic mass is 35.7. The predicted octanol–water partition coefficient (Wildman–Crippen LogP) is 2.30. The van der Waals surface area contributed by atoms with Crippen molar-refractivity contribution in [2.24, 2.45) is 0 Å². The average Bonchev–Trinajstić information content (AvgIpc) is 2.26. The van der Waals surface area contributed by atoms with E-state index in [1.165, 1.54) is 5.06 Å². The number of rotatable bonds is 3. The molecular weight excluding hydrogens is 296 g/mol. The Morgan fingerprint density at radius 1 is 1.44 bits per heavy atom. The van der Waals surface area contributed by atoms with Gasteiger partial charge in [-0.15, -0.1) is 5.06 Å². The number of carbonyl (C=O) groups is 1. The van der Waals surface area contributed by atoms with E-state index >= 15 is 0 Å². The number of amides is 1. The molecule has 1 atom stereocenters. The van der Waals surface area contributed by atoms with Crippen molar-refractivity contribution in [3.8, 4) is 0 Å². The van der Waals surface area contributed by atoms with Gasteiger partial charge in [0.25, 0.3) is 0 Å². The van der Waals surface area contributed by atoms with Gasteiger partial charge in [-0.25, -0.2) is 0 Å². The Labute approximate surface area is 107 Å². The van der Waals surface area contributed by atoms with Crippen LogP contribution in [0, 0.1) is 0 Å². The summed E-state index contributed by atoms with van der Waals surface area (Å²) >= 11 is 5.15. The Morgan fingerprint density at radius 3 is 2.33 bits per heavy atom. The second kappa shape index (κ2) is 6.14. The first-order chi connectivity index (χ1) is 8.21. The number of halogens is 4. The summed E-state index contributed by atoms with van der Waals surface area (Å²) < 4.78 is 52.0. The van der Waals surface area contributed by atoms with Crippen molar-refractivity contribution in [1.29, 1.82) is 0 Å². The second-order valence-corrected chi connectivity index (χ2v) is 5.28. The maximum Gasteiger partial charge on any atom is 0.652 e. The zero-order chi connectivity index (χ0) is 13.9. The largest absolute Gasteiger partial charge is 0.652 e. The molecule has 0 aliphatic carbocycles. The molecule has 1 aliphatic heterocycles. The summed E-state index contributed by atoms with van der Waals surface area (Å²) in [5.74, 6) is -1.86. The van der Waals surface area contributed by atoms with Crippen LogP contribution in [0.15, 0.2) is 0 Å². The summed E-state index contributed by atoms with van der Waals surface area (Å²) in [6, 6.07) is -0.507. The highest BCUT2D eigenvalue weighted by Gasteiger charge is 2.43. The molecule has 1 unspecified atom stereocenters. The fraction of sp³-hybridized carbons (Fsp3) is 0.875. The van der Waals surface area contributed by atoms with E-state index in [4.69, 9.17) is 15.9 Å². The Morgan fingerprint density at radius 2 is 1.94 bits per heavy atom. The van der Waals surface area contributed by atoms with Gasteiger partial charge in [0.05, 0.1) is 0 Å². The van der Waals surface area contributed by atoms with Gasteiger partial charge in [0.15, 0.2) is 0 Å². The molecule has 1 saturated heterocycles. The molecule has 0 aromatic rings. The summed E-state index contributed by atoms with van der Waals surface area (Å²) in [6.45, 7) is 0.544. The van der Waals surface area contributed by atoms with Gasteiger partial charge in [0.1, 0.15) is 0 Å². The van der Waals surface area contributed by atoms with E-state index in [1.54, 1.807) is 0 Å². The smallest absolute Gasteiger partial charge is 0.335 e. The molecule has 0 radical (unpaired) electrons. The van der Waals surface area contributed by atoms with Gasteiger partial charge in [-0.05, 0) is 22.0 Å². The zero-order valence-corrected chi connectivity index (χ0v) is 11.1. The van der Waals surface area contributed by atoms with Crippen LogP contribution in [-0.4, -0.2) is 48.2 Å². The molecule has 0 N–H and O–H groups in total. The topological polar surface area (TPSA) is 49.9 Å². The molecule has 0 spiro atoms. The number of piperidine rings is 1. The molecule has 18 heavy (non-hydrogen) atoms. The van der Waals surface area contributed by atoms with E-state index in [2.05, 4.69) is 0 Å². The Kier molecular flexibility index (Phi) is 5.33. The number of hydrogen-bond donors (Lipinski definition) is 0. The number of alkyl halides is 3. The highest BCUT2D eigenvalue weighted by Crippen LogP contribution is 2.31. The molecule has 1 fully saturated rings. The molecule has 0 aromatic heterocycles. The third kappa shape index (κ3) is 4.35. The van der Waals surface area contributed by atoms with Crippen LogP contribution in [0.3, 0.4) is 0 Å². The molecule has 104 valence electrons. The average molecular weight is 308 g/mol. The molecule has 1 amide bonds. The SMILES string of the molecule is CN(C(=O)C(F)(F)F)C1CCN(O[P+](=O)Cl)CC1. The molecule has 1 heterocycles. The lowest BCUT2D eigenvalue weighted by atomic mass is 10.1. The fourth-order valence-electron chi connectivity index (χ4n) is 1.77. The van der Waals surface area contributed by atoms with E-state index in [0.717, 1.165) is 7.05 Å². The third-order valence-corrected chi connectivity index (χ3v) is 3.26. The van der Waals surface area contributed by atoms with Crippen molar-refractivity contribution in [1.82, 2.24) is 9.96 Å². The first kappa shape index (κ1) is 15.6. The summed E-state index contributed by atoms with van der Waals surface area (Å²) in [5, 5.41) is 1.33. The van der Waals surface area contributed by atoms with E-state index in [9.17, 15) is 22.5 Å². The summed E-state index contributed by atoms with van der Waals surface area (Å²) in [5.41, 5.74) is 0. The minimum atomic E-state index is -4.86. The molecular formula is C8H12ClF3N2O3P+. The lowest BCUT2D eigenvalue weighted by molar-refractivity contribution is -0.188. The monoisotopic (exact) mass is 307 g/mol. The first-order valence-electron chi connectivity index (χ1n) is 5.12. The number of hydrogen-bond acceptors (Lipinski definition) is 4. The second-order valence-electron chi connectivity index (χ2n) is 3.87. The van der Waals surface area contributed by atoms with Crippen LogP contribution in [0.25, 0.3) is 0 Å². The van der Waals surface area contributed by atoms with E-state index in [1.807, 2.05) is 0 Å². The van der Waals surface area contributed by atoms with Gasteiger partial charge in [-0.1, -0.05) is 0 Å². The van der Waals surface area contributed by atoms with Gasteiger partial charge in [0.2, 0.25) is 11.2 Å². The summed E-state index contributed by atoms with van der Waals surface area (Å²) in [4.78, 5) is 11.7. The van der Waals surface area contributed by atoms with Crippen LogP contribution in [0.5, 0.6) is 0 Å². The van der Waals surface area contributed by atoms with Crippen molar-refractivity contribution in [3.63, 3.8) is 0 Å². The Bertz CT molecular complexity index is 334. The van der Waals surface area contributed by atoms with Crippen LogP contribution >= 0.6 is 18.6 Å². The minimum absolute atomic E-state index is 0.272. The summed E-state index contributed by atoms with van der Waals surface area (Å²) in [7, 11) is -1.17. The van der Waals surface area contributed by atoms with Gasteiger partial charge in [-0.3, -0.25) is 4.79 Å². The molecule has 1 rings (SSSR count). The highest BCUT2D eigenvalue weighted by molar-refractivity contribution is 7.69. The van der Waals surface area contributed by atoms with Crippen molar-refractivity contribution in [2.45, 2.75) is 25.1 Å². The molecule has 10 heteroatoms. The van der Waals surface area contributed by atoms with E-state index in [0.29, 0.717) is 17.7 Å². The van der Waals surface area contributed by atoms with Gasteiger partial charge >= 0.3 is 19.5 Å². The zero-order valence-electron chi connectivity index (χ0n) is 9.48. The van der Waals surface area contributed by atoms with Crippen molar-refractivity contribution in [3.05, 3.63) is 0 Å². The van der Waals surface area contributed by atoms with Gasteiger partial charge in [0, 0.05) is 26.2 Å². The molecule has 5 nitrogen and oxygen atoms in total. The molecule has 1 aliphatic rings. The lowest BCUT2D eigenvalue weighted by Crippen LogP contribution is -2.49. The third-order valence-electron chi connectivity index (χ3n) is 2.71. The van der Waals surface area contributed by atoms with Crippen molar-refractivity contribution in [2.75, 3.05) is 20.1 Å². The van der Waals surface area contributed by atoms with Crippen LogP contribution in [0.4, 0.5) is 13.2 Å². The Balaban J connectivity index is 2.48. The quantitative estimate of drug-likeness (QED) is 0.751. The maximum absolute atomic E-state index is 12.2. The minimum Gasteiger partial charge on any atom is -0.335 e. The van der Waals surface area contributed by atoms with Gasteiger partial charge < -0.3 is 4.90 Å². The van der Waals surface area contributed by atoms with Crippen molar-refractivity contribution < 1.29 is 27.2 Å². The lowest BCUT2D eigenvalue weighted by Gasteiger charge is -2.34. The predicted molar refractivity (Wildman–Crippen MR) is 58.0 cm³/mol. The standard InChI is InChI=1S/C8H12ClF3N2O3P/c1-13(7(15)8(10,11)12)6-2-4-14(5-3-6)17-18(9)16/h6H,2-5H2,1H3/q+1. The van der Waals surface area contributed by atoms with Crippen LogP contribution in [0.1, 0.15) is 12.8 Å².